The molecule has 0 bridgehead atoms. The lowest BCUT2D eigenvalue weighted by molar-refractivity contribution is -0.139. The summed E-state index contributed by atoms with van der Waals surface area (Å²) >= 11 is 0. The molecule has 1 amide bonds. The van der Waals surface area contributed by atoms with E-state index >= 15 is 0 Å². The van der Waals surface area contributed by atoms with Gasteiger partial charge in [0.15, 0.2) is 0 Å². The Kier molecular flexibility index (Phi) is 6.71. The first-order chi connectivity index (χ1) is 12.8. The van der Waals surface area contributed by atoms with Crippen LogP contribution in [0.5, 0.6) is 11.5 Å². The molecule has 2 rings (SSSR count). The molecule has 0 aliphatic rings. The number of ether oxygens (including phenoxy) is 2. The summed E-state index contributed by atoms with van der Waals surface area (Å²) in [6.45, 7) is 3.63. The lowest BCUT2D eigenvalue weighted by atomic mass is 10.0. The zero-order valence-electron chi connectivity index (χ0n) is 15.4. The minimum absolute atomic E-state index is 0.0795. The summed E-state index contributed by atoms with van der Waals surface area (Å²) in [5.74, 6) is 0.0149. The number of carbonyl (C=O) groups excluding carboxylic acids is 1. The minimum atomic E-state index is -4.52. The van der Waals surface area contributed by atoms with Crippen molar-refractivity contribution < 1.29 is 27.4 Å². The first-order valence-electron chi connectivity index (χ1n) is 8.51. The highest BCUT2D eigenvalue weighted by atomic mass is 19.4. The maximum absolute atomic E-state index is 13.3. The SMILES string of the molecule is CCOc1cccc(CC(=O)NC)c1COc1ccc(C)cc1C(F)(F)F. The van der Waals surface area contributed by atoms with E-state index in [2.05, 4.69) is 5.32 Å². The molecular formula is C20H22F3NO3. The Morgan fingerprint density at radius 2 is 1.85 bits per heavy atom. The molecule has 0 radical (unpaired) electrons. The standard InChI is InChI=1S/C20H22F3NO3/c1-4-26-17-7-5-6-14(11-19(25)24-3)15(17)12-27-18-9-8-13(2)10-16(18)20(21,22)23/h5-10H,4,11-12H2,1-3H3,(H,24,25). The molecule has 0 saturated heterocycles. The smallest absolute Gasteiger partial charge is 0.419 e. The molecular weight excluding hydrogens is 359 g/mol. The number of likely N-dealkylation sites (N-methyl/N-ethyl adjacent to an activating group) is 1. The van der Waals surface area contributed by atoms with Crippen LogP contribution >= 0.6 is 0 Å². The maximum Gasteiger partial charge on any atom is 0.419 e. The number of benzene rings is 2. The van der Waals surface area contributed by atoms with E-state index in [-0.39, 0.29) is 24.7 Å². The predicted molar refractivity (Wildman–Crippen MR) is 95.9 cm³/mol. The minimum Gasteiger partial charge on any atom is -0.493 e. The molecule has 0 aliphatic heterocycles. The maximum atomic E-state index is 13.3. The highest BCUT2D eigenvalue weighted by Crippen LogP contribution is 2.37. The lowest BCUT2D eigenvalue weighted by Crippen LogP contribution is -2.21. The lowest BCUT2D eigenvalue weighted by Gasteiger charge is -2.18. The quantitative estimate of drug-likeness (QED) is 0.779. The van der Waals surface area contributed by atoms with Crippen molar-refractivity contribution in [2.75, 3.05) is 13.7 Å². The van der Waals surface area contributed by atoms with E-state index in [4.69, 9.17) is 9.47 Å². The van der Waals surface area contributed by atoms with Gasteiger partial charge < -0.3 is 14.8 Å². The molecule has 146 valence electrons. The number of amides is 1. The number of aryl methyl sites for hydroxylation is 1. The van der Waals surface area contributed by atoms with E-state index < -0.39 is 11.7 Å². The average molecular weight is 381 g/mol. The first-order valence-corrected chi connectivity index (χ1v) is 8.51. The highest BCUT2D eigenvalue weighted by molar-refractivity contribution is 5.78. The Bertz CT molecular complexity index is 804. The van der Waals surface area contributed by atoms with Crippen molar-refractivity contribution in [3.63, 3.8) is 0 Å². The van der Waals surface area contributed by atoms with Gasteiger partial charge in [0.05, 0.1) is 18.6 Å². The third-order valence-corrected chi connectivity index (χ3v) is 3.97. The molecule has 0 atom stereocenters. The van der Waals surface area contributed by atoms with Crippen LogP contribution in [0, 0.1) is 6.92 Å². The molecule has 0 heterocycles. The molecule has 0 fully saturated rings. The molecule has 0 saturated carbocycles. The van der Waals surface area contributed by atoms with Crippen LogP contribution in [-0.4, -0.2) is 19.6 Å². The van der Waals surface area contributed by atoms with E-state index in [9.17, 15) is 18.0 Å². The summed E-state index contributed by atoms with van der Waals surface area (Å²) in [6.07, 6.45) is -4.44. The second-order valence-corrected chi connectivity index (χ2v) is 5.96. The summed E-state index contributed by atoms with van der Waals surface area (Å²) in [5, 5.41) is 2.53. The van der Waals surface area contributed by atoms with E-state index in [1.54, 1.807) is 38.1 Å². The monoisotopic (exact) mass is 381 g/mol. The number of alkyl halides is 3. The summed E-state index contributed by atoms with van der Waals surface area (Å²) in [6, 6.07) is 9.09. The van der Waals surface area contributed by atoms with E-state index in [1.165, 1.54) is 13.1 Å². The van der Waals surface area contributed by atoms with E-state index in [0.717, 1.165) is 6.07 Å². The number of carbonyl (C=O) groups is 1. The van der Waals surface area contributed by atoms with Gasteiger partial charge >= 0.3 is 6.18 Å². The van der Waals surface area contributed by atoms with Gasteiger partial charge in [-0.15, -0.1) is 0 Å². The van der Waals surface area contributed by atoms with Gasteiger partial charge in [-0.3, -0.25) is 4.79 Å². The first kappa shape index (κ1) is 20.6. The van der Waals surface area contributed by atoms with Crippen molar-refractivity contribution >= 4 is 5.91 Å². The Morgan fingerprint density at radius 3 is 2.48 bits per heavy atom. The van der Waals surface area contributed by atoms with Crippen molar-refractivity contribution in [1.82, 2.24) is 5.32 Å². The Hall–Kier alpha value is -2.70. The zero-order valence-corrected chi connectivity index (χ0v) is 15.4. The molecule has 4 nitrogen and oxygen atoms in total. The van der Waals surface area contributed by atoms with Crippen LogP contribution in [-0.2, 0) is 24.0 Å². The molecule has 2 aromatic rings. The van der Waals surface area contributed by atoms with Crippen molar-refractivity contribution in [1.29, 1.82) is 0 Å². The van der Waals surface area contributed by atoms with Crippen molar-refractivity contribution in [2.45, 2.75) is 33.1 Å². The van der Waals surface area contributed by atoms with Crippen LogP contribution in [0.1, 0.15) is 29.2 Å². The zero-order chi connectivity index (χ0) is 20.0. The van der Waals surface area contributed by atoms with E-state index in [0.29, 0.717) is 29.0 Å². The Labute approximate surface area is 156 Å². The molecule has 7 heteroatoms. The number of halogens is 3. The molecule has 0 aliphatic carbocycles. The third-order valence-electron chi connectivity index (χ3n) is 3.97. The van der Waals surface area contributed by atoms with Gasteiger partial charge in [-0.1, -0.05) is 23.8 Å². The van der Waals surface area contributed by atoms with Crippen LogP contribution in [0.2, 0.25) is 0 Å². The van der Waals surface area contributed by atoms with Gasteiger partial charge in [-0.25, -0.2) is 0 Å². The summed E-state index contributed by atoms with van der Waals surface area (Å²) in [4.78, 5) is 11.8. The number of hydrogen-bond acceptors (Lipinski definition) is 3. The fourth-order valence-corrected chi connectivity index (χ4v) is 2.63. The largest absolute Gasteiger partial charge is 0.493 e. The summed E-state index contributed by atoms with van der Waals surface area (Å²) in [7, 11) is 1.52. The molecule has 1 N–H and O–H groups in total. The van der Waals surface area contributed by atoms with Gasteiger partial charge in [0, 0.05) is 12.6 Å². The predicted octanol–water partition coefficient (Wildman–Crippen LogP) is 4.28. The second kappa shape index (κ2) is 8.79. The fraction of sp³-hybridized carbons (Fsp3) is 0.350. The molecule has 0 aromatic heterocycles. The van der Waals surface area contributed by atoms with Crippen LogP contribution in [0.25, 0.3) is 0 Å². The van der Waals surface area contributed by atoms with Gasteiger partial charge in [0.2, 0.25) is 5.91 Å². The average Bonchev–Trinajstić information content (AvgIpc) is 2.61. The van der Waals surface area contributed by atoms with Gasteiger partial charge in [-0.2, -0.15) is 13.2 Å². The van der Waals surface area contributed by atoms with Gasteiger partial charge in [0.1, 0.15) is 18.1 Å². The number of hydrogen-bond donors (Lipinski definition) is 1. The molecule has 27 heavy (non-hydrogen) atoms. The van der Waals surface area contributed by atoms with Crippen LogP contribution in [0.15, 0.2) is 36.4 Å². The third kappa shape index (κ3) is 5.39. The fourth-order valence-electron chi connectivity index (χ4n) is 2.63. The second-order valence-electron chi connectivity index (χ2n) is 5.96. The topological polar surface area (TPSA) is 47.6 Å². The van der Waals surface area contributed by atoms with Gasteiger partial charge in [0.25, 0.3) is 0 Å². The molecule has 0 spiro atoms. The van der Waals surface area contributed by atoms with Crippen LogP contribution in [0.4, 0.5) is 13.2 Å². The molecule has 0 unspecified atom stereocenters. The van der Waals surface area contributed by atoms with Crippen molar-refractivity contribution in [3.8, 4) is 11.5 Å². The molecule has 2 aromatic carbocycles. The highest BCUT2D eigenvalue weighted by Gasteiger charge is 2.34. The number of nitrogens with one attached hydrogen (secondary N) is 1. The van der Waals surface area contributed by atoms with Crippen LogP contribution in [0.3, 0.4) is 0 Å². The normalized spacial score (nSPS) is 11.2. The van der Waals surface area contributed by atoms with Crippen LogP contribution < -0.4 is 14.8 Å². The number of rotatable bonds is 7. The van der Waals surface area contributed by atoms with Crippen molar-refractivity contribution in [3.05, 3.63) is 58.7 Å². The van der Waals surface area contributed by atoms with Crippen molar-refractivity contribution in [2.24, 2.45) is 0 Å². The summed E-state index contributed by atoms with van der Waals surface area (Å²) in [5.41, 5.74) is 0.853. The van der Waals surface area contributed by atoms with E-state index in [1.807, 2.05) is 0 Å². The van der Waals surface area contributed by atoms with Gasteiger partial charge in [-0.05, 0) is 37.6 Å². The Balaban J connectivity index is 2.36. The summed E-state index contributed by atoms with van der Waals surface area (Å²) < 4.78 is 51.0. The Morgan fingerprint density at radius 1 is 1.11 bits per heavy atom.